The van der Waals surface area contributed by atoms with Crippen molar-refractivity contribution in [3.63, 3.8) is 0 Å². The van der Waals surface area contributed by atoms with Gasteiger partial charge in [-0.2, -0.15) is 0 Å². The van der Waals surface area contributed by atoms with Crippen LogP contribution in [0.15, 0.2) is 29.5 Å². The molecule has 27 heavy (non-hydrogen) atoms. The van der Waals surface area contributed by atoms with E-state index in [0.717, 1.165) is 0 Å². The lowest BCUT2D eigenvalue weighted by Crippen LogP contribution is -2.56. The maximum atomic E-state index is 13.2. The highest BCUT2D eigenvalue weighted by atomic mass is 35.5. The maximum Gasteiger partial charge on any atom is 0.276 e. The van der Waals surface area contributed by atoms with E-state index >= 15 is 0 Å². The third kappa shape index (κ3) is 3.27. The van der Waals surface area contributed by atoms with E-state index in [1.165, 1.54) is 17.0 Å². The van der Waals surface area contributed by atoms with Gasteiger partial charge in [0.05, 0.1) is 5.02 Å². The van der Waals surface area contributed by atoms with E-state index in [9.17, 15) is 9.59 Å². The summed E-state index contributed by atoms with van der Waals surface area (Å²) in [5, 5.41) is 8.23. The average molecular weight is 412 g/mol. The van der Waals surface area contributed by atoms with E-state index in [-0.39, 0.29) is 40.3 Å². The molecular weight excluding hydrogens is 393 g/mol. The second kappa shape index (κ2) is 7.43. The highest BCUT2D eigenvalue weighted by Crippen LogP contribution is 2.35. The number of fused-ring (bicyclic) bond motifs is 2. The monoisotopic (exact) mass is 411 g/mol. The first-order valence-electron chi connectivity index (χ1n) is 8.28. The molecule has 0 radical (unpaired) electrons. The van der Waals surface area contributed by atoms with E-state index < -0.39 is 5.66 Å². The molecule has 1 amide bonds. The number of anilines is 2. The van der Waals surface area contributed by atoms with E-state index in [1.807, 2.05) is 12.1 Å². The van der Waals surface area contributed by atoms with Gasteiger partial charge in [0.1, 0.15) is 29.2 Å². The van der Waals surface area contributed by atoms with Gasteiger partial charge in [-0.3, -0.25) is 19.6 Å². The molecule has 2 aromatic rings. The molecule has 0 atom stereocenters. The van der Waals surface area contributed by atoms with Crippen LogP contribution in [0.4, 0.5) is 11.5 Å². The molecule has 0 aliphatic carbocycles. The van der Waals surface area contributed by atoms with Gasteiger partial charge in [0.2, 0.25) is 0 Å². The lowest BCUT2D eigenvalue weighted by molar-refractivity contribution is 0.0603. The Labute approximate surface area is 166 Å². The molecular formula is C16H19Cl2N7O2. The largest absolute Gasteiger partial charge is 0.336 e. The fourth-order valence-electron chi connectivity index (χ4n) is 3.57. The molecule has 0 saturated carbocycles. The quantitative estimate of drug-likeness (QED) is 0.693. The first kappa shape index (κ1) is 19.6. The summed E-state index contributed by atoms with van der Waals surface area (Å²) in [6.07, 6.45) is 4.15. The van der Waals surface area contributed by atoms with Crippen LogP contribution in [-0.4, -0.2) is 45.6 Å². The van der Waals surface area contributed by atoms with Crippen molar-refractivity contribution in [2.75, 3.05) is 25.5 Å². The Morgan fingerprint density at radius 2 is 2.04 bits per heavy atom. The minimum Gasteiger partial charge on any atom is -0.336 e. The van der Waals surface area contributed by atoms with Crippen molar-refractivity contribution in [3.8, 4) is 0 Å². The van der Waals surface area contributed by atoms with Gasteiger partial charge in [-0.25, -0.2) is 15.0 Å². The number of aromatic nitrogens is 3. The molecule has 1 saturated heterocycles. The first-order chi connectivity index (χ1) is 12.5. The van der Waals surface area contributed by atoms with Gasteiger partial charge in [0.15, 0.2) is 0 Å². The predicted octanol–water partition coefficient (Wildman–Crippen LogP) is 1.08. The normalized spacial score (nSPS) is 17.9. The number of hydrogen-bond acceptors (Lipinski definition) is 7. The standard InChI is InChI=1S/C16H18ClN7O2.ClH/c1-18-23-6-3-16(4-7-23)22-14(25)13-10(17)8-11(15(26)24(13)16)21-12-2-5-19-9-20-12;/h2,5,8-9,18H,3-4,6-7H2,1H3,(H,22,25)(H,19,20,21);1H. The Bertz CT molecular complexity index is 911. The van der Waals surface area contributed by atoms with E-state index in [4.69, 9.17) is 11.6 Å². The summed E-state index contributed by atoms with van der Waals surface area (Å²) in [6.45, 7) is 1.40. The van der Waals surface area contributed by atoms with Gasteiger partial charge in [0.25, 0.3) is 11.5 Å². The minimum atomic E-state index is -0.760. The van der Waals surface area contributed by atoms with Gasteiger partial charge in [-0.05, 0) is 19.2 Å². The maximum absolute atomic E-state index is 13.2. The topological polar surface area (TPSA) is 104 Å². The van der Waals surface area contributed by atoms with Crippen LogP contribution < -0.4 is 21.6 Å². The molecule has 4 rings (SSSR count). The molecule has 144 valence electrons. The molecule has 0 aromatic carbocycles. The van der Waals surface area contributed by atoms with Crippen LogP contribution in [0.5, 0.6) is 0 Å². The number of piperidine rings is 1. The molecule has 9 nitrogen and oxygen atoms in total. The van der Waals surface area contributed by atoms with Crippen LogP contribution in [0.2, 0.25) is 5.02 Å². The van der Waals surface area contributed by atoms with Gasteiger partial charge < -0.3 is 10.6 Å². The zero-order chi connectivity index (χ0) is 18.3. The van der Waals surface area contributed by atoms with Crippen molar-refractivity contribution < 1.29 is 4.79 Å². The summed E-state index contributed by atoms with van der Waals surface area (Å²) < 4.78 is 1.51. The zero-order valence-electron chi connectivity index (χ0n) is 14.5. The number of pyridine rings is 1. The first-order valence-corrected chi connectivity index (χ1v) is 8.66. The van der Waals surface area contributed by atoms with Crippen molar-refractivity contribution in [2.24, 2.45) is 0 Å². The van der Waals surface area contributed by atoms with Crippen LogP contribution in [-0.2, 0) is 5.66 Å². The summed E-state index contributed by atoms with van der Waals surface area (Å²) in [5.41, 5.74) is 2.51. The fraction of sp³-hybridized carbons (Fsp3) is 0.375. The van der Waals surface area contributed by atoms with Crippen LogP contribution >= 0.6 is 24.0 Å². The summed E-state index contributed by atoms with van der Waals surface area (Å²) >= 11 is 6.35. The Morgan fingerprint density at radius 1 is 1.30 bits per heavy atom. The third-order valence-corrected chi connectivity index (χ3v) is 5.18. The SMILES string of the molecule is CNN1CCC2(CC1)NC(=O)c1c(Cl)cc(Nc3ccncn3)c(=O)n12.Cl. The number of amides is 1. The Hall–Kier alpha value is -2.20. The third-order valence-electron chi connectivity index (χ3n) is 4.90. The molecule has 2 aliphatic heterocycles. The average Bonchev–Trinajstić information content (AvgIpc) is 2.93. The molecule has 2 aromatic heterocycles. The van der Waals surface area contributed by atoms with E-state index in [2.05, 4.69) is 26.0 Å². The molecule has 0 unspecified atom stereocenters. The van der Waals surface area contributed by atoms with Crippen molar-refractivity contribution in [2.45, 2.75) is 18.5 Å². The number of carbonyl (C=O) groups excluding carboxylic acids is 1. The van der Waals surface area contributed by atoms with Gasteiger partial charge in [0, 0.05) is 32.1 Å². The Balaban J connectivity index is 0.00000210. The van der Waals surface area contributed by atoms with Gasteiger partial charge in [-0.15, -0.1) is 12.4 Å². The molecule has 2 aliphatic rings. The zero-order valence-corrected chi connectivity index (χ0v) is 16.1. The molecule has 1 spiro atoms. The van der Waals surface area contributed by atoms with Crippen LogP contribution in [0.3, 0.4) is 0 Å². The Kier molecular flexibility index (Phi) is 5.38. The highest BCUT2D eigenvalue weighted by molar-refractivity contribution is 6.34. The van der Waals surface area contributed by atoms with Crippen molar-refractivity contribution in [3.05, 3.63) is 45.7 Å². The molecule has 11 heteroatoms. The summed E-state index contributed by atoms with van der Waals surface area (Å²) in [5.74, 6) is 0.156. The number of carbonyl (C=O) groups is 1. The number of halogens is 2. The summed E-state index contributed by atoms with van der Waals surface area (Å²) in [4.78, 5) is 33.6. The van der Waals surface area contributed by atoms with Crippen molar-refractivity contribution in [1.82, 2.24) is 30.3 Å². The molecule has 0 bridgehead atoms. The second-order valence-electron chi connectivity index (χ2n) is 6.31. The number of rotatable bonds is 3. The summed E-state index contributed by atoms with van der Waals surface area (Å²) in [7, 11) is 1.85. The number of nitrogens with one attached hydrogen (secondary N) is 3. The molecule has 4 heterocycles. The van der Waals surface area contributed by atoms with Crippen LogP contribution in [0.25, 0.3) is 0 Å². The van der Waals surface area contributed by atoms with Gasteiger partial charge in [-0.1, -0.05) is 11.6 Å². The number of nitrogens with zero attached hydrogens (tertiary/aromatic N) is 4. The lowest BCUT2D eigenvalue weighted by Gasteiger charge is -2.39. The van der Waals surface area contributed by atoms with Crippen molar-refractivity contribution in [1.29, 1.82) is 0 Å². The molecule has 1 fully saturated rings. The molecule has 3 N–H and O–H groups in total. The number of hydrazine groups is 1. The number of hydrogen-bond donors (Lipinski definition) is 3. The van der Waals surface area contributed by atoms with Gasteiger partial charge >= 0.3 is 0 Å². The van der Waals surface area contributed by atoms with Crippen molar-refractivity contribution >= 4 is 41.4 Å². The lowest BCUT2D eigenvalue weighted by atomic mass is 9.98. The van der Waals surface area contributed by atoms with Crippen LogP contribution in [0.1, 0.15) is 23.3 Å². The summed E-state index contributed by atoms with van der Waals surface area (Å²) in [6, 6.07) is 3.12. The smallest absolute Gasteiger partial charge is 0.276 e. The highest BCUT2D eigenvalue weighted by Gasteiger charge is 2.46. The fourth-order valence-corrected chi connectivity index (χ4v) is 3.85. The minimum absolute atomic E-state index is 0. The van der Waals surface area contributed by atoms with E-state index in [0.29, 0.717) is 31.7 Å². The second-order valence-corrected chi connectivity index (χ2v) is 6.72. The Morgan fingerprint density at radius 3 is 2.67 bits per heavy atom. The van der Waals surface area contributed by atoms with E-state index in [1.54, 1.807) is 12.3 Å². The van der Waals surface area contributed by atoms with Crippen LogP contribution in [0, 0.1) is 0 Å². The predicted molar refractivity (Wildman–Crippen MR) is 104 cm³/mol.